The molecule has 1 atom stereocenters. The summed E-state index contributed by atoms with van der Waals surface area (Å²) in [4.78, 5) is 42.6. The van der Waals surface area contributed by atoms with Crippen molar-refractivity contribution in [1.82, 2.24) is 19.7 Å². The topological polar surface area (TPSA) is 111 Å². The Morgan fingerprint density at radius 1 is 1.33 bits per heavy atom. The first kappa shape index (κ1) is 19.9. The van der Waals surface area contributed by atoms with E-state index in [0.717, 1.165) is 17.8 Å². The van der Waals surface area contributed by atoms with Crippen molar-refractivity contribution in [2.75, 3.05) is 13.1 Å². The zero-order valence-electron chi connectivity index (χ0n) is 16.2. The highest BCUT2D eigenvalue weighted by Gasteiger charge is 2.29. The van der Waals surface area contributed by atoms with E-state index in [9.17, 15) is 19.7 Å². The van der Waals surface area contributed by atoms with Crippen LogP contribution in [0.3, 0.4) is 0 Å². The summed E-state index contributed by atoms with van der Waals surface area (Å²) in [6, 6.07) is 7.39. The lowest BCUT2D eigenvalue weighted by molar-refractivity contribution is -0.384. The van der Waals surface area contributed by atoms with Gasteiger partial charge in [-0.3, -0.25) is 19.7 Å². The highest BCUT2D eigenvalue weighted by atomic mass is 32.1. The van der Waals surface area contributed by atoms with Crippen LogP contribution in [0.4, 0.5) is 5.69 Å². The maximum atomic E-state index is 13.1. The molecule has 0 saturated carbocycles. The summed E-state index contributed by atoms with van der Waals surface area (Å²) in [5, 5.41) is 18.5. The Balaban J connectivity index is 1.70. The molecule has 0 radical (unpaired) electrons. The molecule has 0 spiro atoms. The third-order valence-corrected chi connectivity index (χ3v) is 6.06. The zero-order valence-corrected chi connectivity index (χ0v) is 17.0. The first-order valence-electron chi connectivity index (χ1n) is 9.49. The Morgan fingerprint density at radius 2 is 2.13 bits per heavy atom. The molecule has 1 aliphatic heterocycles. The number of carbonyl (C=O) groups excluding carboxylic acids is 1. The maximum absolute atomic E-state index is 13.1. The summed E-state index contributed by atoms with van der Waals surface area (Å²) in [6.45, 7) is 2.62. The molecule has 1 fully saturated rings. The minimum absolute atomic E-state index is 0.130. The first-order valence-corrected chi connectivity index (χ1v) is 10.4. The average molecular weight is 425 g/mol. The second-order valence-corrected chi connectivity index (χ2v) is 8.04. The van der Waals surface area contributed by atoms with Crippen LogP contribution < -0.4 is 5.43 Å². The largest absolute Gasteiger partial charge is 0.336 e. The molecular weight excluding hydrogens is 406 g/mol. The predicted octanol–water partition coefficient (Wildman–Crippen LogP) is 2.93. The number of para-hydroxylation sites is 2. The van der Waals surface area contributed by atoms with E-state index in [1.54, 1.807) is 41.5 Å². The molecule has 1 aromatic carbocycles. The van der Waals surface area contributed by atoms with E-state index >= 15 is 0 Å². The van der Waals surface area contributed by atoms with Crippen molar-refractivity contribution in [3.63, 3.8) is 0 Å². The maximum Gasteiger partial charge on any atom is 0.294 e. The van der Waals surface area contributed by atoms with Crippen LogP contribution in [0.15, 0.2) is 46.7 Å². The van der Waals surface area contributed by atoms with Crippen LogP contribution in [-0.4, -0.2) is 43.6 Å². The molecule has 2 aromatic heterocycles. The number of carbonyl (C=O) groups is 1. The Morgan fingerprint density at radius 3 is 2.87 bits per heavy atom. The Hall–Kier alpha value is -3.40. The Kier molecular flexibility index (Phi) is 5.40. The summed E-state index contributed by atoms with van der Waals surface area (Å²) in [7, 11) is 0. The van der Waals surface area contributed by atoms with E-state index in [-0.39, 0.29) is 23.0 Å². The number of hydrogen-bond acceptors (Lipinski definition) is 7. The number of nitrogens with zero attached hydrogens (tertiary/aromatic N) is 5. The SMILES string of the molecule is Cc1cc(=O)c(C(=O)N2CCCC(c3nccs3)C2)nn1-c1ccccc1[N+](=O)[O-]. The molecule has 154 valence electrons. The minimum Gasteiger partial charge on any atom is -0.336 e. The molecule has 0 bridgehead atoms. The van der Waals surface area contributed by atoms with Gasteiger partial charge in [0.1, 0.15) is 5.69 Å². The fourth-order valence-electron chi connectivity index (χ4n) is 3.69. The van der Waals surface area contributed by atoms with E-state index in [4.69, 9.17) is 0 Å². The number of rotatable bonds is 4. The van der Waals surface area contributed by atoms with Crippen molar-refractivity contribution in [2.24, 2.45) is 0 Å². The van der Waals surface area contributed by atoms with Gasteiger partial charge in [0.15, 0.2) is 5.69 Å². The fourth-order valence-corrected chi connectivity index (χ4v) is 4.45. The summed E-state index contributed by atoms with van der Waals surface area (Å²) in [5.74, 6) is -0.334. The molecule has 10 heteroatoms. The molecule has 1 saturated heterocycles. The molecule has 0 N–H and O–H groups in total. The van der Waals surface area contributed by atoms with Crippen LogP contribution in [0.25, 0.3) is 5.69 Å². The van der Waals surface area contributed by atoms with Gasteiger partial charge in [-0.25, -0.2) is 9.67 Å². The number of likely N-dealkylation sites (tertiary alicyclic amines) is 1. The van der Waals surface area contributed by atoms with Crippen molar-refractivity contribution in [2.45, 2.75) is 25.7 Å². The van der Waals surface area contributed by atoms with Gasteiger partial charge in [-0.05, 0) is 25.8 Å². The van der Waals surface area contributed by atoms with Crippen LogP contribution in [0.1, 0.15) is 39.9 Å². The molecule has 1 amide bonds. The number of aromatic nitrogens is 3. The Bertz CT molecular complexity index is 1160. The summed E-state index contributed by atoms with van der Waals surface area (Å²) >= 11 is 1.55. The third kappa shape index (κ3) is 3.73. The van der Waals surface area contributed by atoms with Gasteiger partial charge >= 0.3 is 0 Å². The number of thiazole rings is 1. The lowest BCUT2D eigenvalue weighted by atomic mass is 9.98. The highest BCUT2D eigenvalue weighted by Crippen LogP contribution is 2.29. The monoisotopic (exact) mass is 425 g/mol. The normalized spacial score (nSPS) is 16.4. The quantitative estimate of drug-likeness (QED) is 0.469. The molecule has 30 heavy (non-hydrogen) atoms. The lowest BCUT2D eigenvalue weighted by Crippen LogP contribution is -2.42. The second kappa shape index (κ2) is 8.15. The highest BCUT2D eigenvalue weighted by molar-refractivity contribution is 7.09. The molecule has 1 aliphatic rings. The minimum atomic E-state index is -0.515. The molecule has 4 rings (SSSR count). The van der Waals surface area contributed by atoms with Crippen molar-refractivity contribution in [3.8, 4) is 5.69 Å². The van der Waals surface area contributed by atoms with Crippen LogP contribution in [0.2, 0.25) is 0 Å². The van der Waals surface area contributed by atoms with E-state index in [1.807, 2.05) is 5.38 Å². The molecule has 1 unspecified atom stereocenters. The van der Waals surface area contributed by atoms with Crippen LogP contribution in [0, 0.1) is 17.0 Å². The smallest absolute Gasteiger partial charge is 0.294 e. The van der Waals surface area contributed by atoms with Gasteiger partial charge in [0.2, 0.25) is 5.43 Å². The number of amides is 1. The number of nitro benzene ring substituents is 1. The van der Waals surface area contributed by atoms with Crippen molar-refractivity contribution >= 4 is 22.9 Å². The predicted molar refractivity (Wildman–Crippen MR) is 111 cm³/mol. The van der Waals surface area contributed by atoms with Gasteiger partial charge in [-0.1, -0.05) is 12.1 Å². The van der Waals surface area contributed by atoms with Crippen molar-refractivity contribution in [1.29, 1.82) is 0 Å². The third-order valence-electron chi connectivity index (χ3n) is 5.13. The van der Waals surface area contributed by atoms with Gasteiger partial charge in [0.25, 0.3) is 11.6 Å². The number of aryl methyl sites for hydroxylation is 1. The number of piperidine rings is 1. The van der Waals surface area contributed by atoms with Crippen molar-refractivity contribution < 1.29 is 9.72 Å². The van der Waals surface area contributed by atoms with Gasteiger partial charge < -0.3 is 4.90 Å². The lowest BCUT2D eigenvalue weighted by Gasteiger charge is -2.31. The van der Waals surface area contributed by atoms with E-state index in [2.05, 4.69) is 10.1 Å². The first-order chi connectivity index (χ1) is 14.5. The number of hydrogen-bond donors (Lipinski definition) is 0. The Labute approximate surface area is 175 Å². The van der Waals surface area contributed by atoms with Gasteiger partial charge in [-0.2, -0.15) is 5.10 Å². The van der Waals surface area contributed by atoms with Crippen LogP contribution >= 0.6 is 11.3 Å². The summed E-state index contributed by atoms with van der Waals surface area (Å²) in [6.07, 6.45) is 3.48. The molecule has 3 aromatic rings. The van der Waals surface area contributed by atoms with E-state index in [0.29, 0.717) is 18.8 Å². The van der Waals surface area contributed by atoms with Crippen LogP contribution in [0.5, 0.6) is 0 Å². The number of benzene rings is 1. The van der Waals surface area contributed by atoms with E-state index < -0.39 is 16.3 Å². The molecule has 0 aliphatic carbocycles. The fraction of sp³-hybridized carbons (Fsp3) is 0.300. The standard InChI is InChI=1S/C20H19N5O4S/c1-13-11-17(26)18(22-24(13)15-6-2-3-7-16(15)25(28)29)20(27)23-9-4-5-14(12-23)19-21-8-10-30-19/h2-3,6-8,10-11,14H,4-5,9,12H2,1H3. The summed E-state index contributed by atoms with van der Waals surface area (Å²) in [5.41, 5.74) is -0.280. The van der Waals surface area contributed by atoms with Gasteiger partial charge in [0.05, 0.1) is 9.93 Å². The van der Waals surface area contributed by atoms with Gasteiger partial charge in [-0.15, -0.1) is 11.3 Å². The van der Waals surface area contributed by atoms with Gasteiger partial charge in [0, 0.05) is 48.4 Å². The molecule has 3 heterocycles. The van der Waals surface area contributed by atoms with E-state index in [1.165, 1.54) is 22.9 Å². The second-order valence-electron chi connectivity index (χ2n) is 7.12. The average Bonchev–Trinajstić information content (AvgIpc) is 3.28. The summed E-state index contributed by atoms with van der Waals surface area (Å²) < 4.78 is 1.29. The zero-order chi connectivity index (χ0) is 21.3. The molecular formula is C20H19N5O4S. The van der Waals surface area contributed by atoms with Crippen LogP contribution in [-0.2, 0) is 0 Å². The number of nitro groups is 1. The molecule has 9 nitrogen and oxygen atoms in total. The van der Waals surface area contributed by atoms with Crippen molar-refractivity contribution in [3.05, 3.63) is 78.6 Å².